The molecule has 0 radical (unpaired) electrons. The number of nitrogens with zero attached hydrogens (tertiary/aromatic N) is 1. The van der Waals surface area contributed by atoms with Crippen molar-refractivity contribution in [2.24, 2.45) is 0 Å². The molecule has 0 fully saturated rings. The highest BCUT2D eigenvalue weighted by Crippen LogP contribution is 2.28. The van der Waals surface area contributed by atoms with Crippen molar-refractivity contribution in [3.8, 4) is 5.75 Å². The molecule has 5 nitrogen and oxygen atoms in total. The smallest absolute Gasteiger partial charge is 0.266 e. The molecule has 1 amide bonds. The van der Waals surface area contributed by atoms with E-state index in [1.807, 2.05) is 0 Å². The van der Waals surface area contributed by atoms with Crippen LogP contribution in [0.15, 0.2) is 24.3 Å². The zero-order chi connectivity index (χ0) is 17.2. The van der Waals surface area contributed by atoms with Crippen molar-refractivity contribution < 1.29 is 9.53 Å². The molecule has 0 aliphatic heterocycles. The maximum Gasteiger partial charge on any atom is 0.266 e. The van der Waals surface area contributed by atoms with Gasteiger partial charge in [-0.05, 0) is 25.1 Å². The number of nitrogens with one attached hydrogen (secondary N) is 2. The van der Waals surface area contributed by atoms with Gasteiger partial charge in [0.1, 0.15) is 5.75 Å². The lowest BCUT2D eigenvalue weighted by Crippen LogP contribution is -2.30. The second-order valence-corrected chi connectivity index (χ2v) is 7.08. The number of aromatic nitrogens is 2. The SMILES string of the molecule is CC(Oc1ccc(Cl)cc1Cl)C(=O)Nc1cc(C(C)(C)C)[nH]n1. The van der Waals surface area contributed by atoms with Crippen molar-refractivity contribution in [2.75, 3.05) is 5.32 Å². The van der Waals surface area contributed by atoms with Gasteiger partial charge in [-0.2, -0.15) is 5.10 Å². The topological polar surface area (TPSA) is 67.0 Å². The first-order chi connectivity index (χ1) is 10.7. The van der Waals surface area contributed by atoms with Gasteiger partial charge in [-0.1, -0.05) is 44.0 Å². The van der Waals surface area contributed by atoms with Crippen molar-refractivity contribution in [2.45, 2.75) is 39.2 Å². The summed E-state index contributed by atoms with van der Waals surface area (Å²) in [6, 6.07) is 6.64. The number of benzene rings is 1. The van der Waals surface area contributed by atoms with E-state index in [2.05, 4.69) is 36.3 Å². The summed E-state index contributed by atoms with van der Waals surface area (Å²) in [5.74, 6) is 0.539. The van der Waals surface area contributed by atoms with Crippen LogP contribution < -0.4 is 10.1 Å². The van der Waals surface area contributed by atoms with E-state index in [4.69, 9.17) is 27.9 Å². The van der Waals surface area contributed by atoms with Crippen LogP contribution in [0.25, 0.3) is 0 Å². The molecule has 1 unspecified atom stereocenters. The number of hydrogen-bond acceptors (Lipinski definition) is 3. The summed E-state index contributed by atoms with van der Waals surface area (Å²) in [6.07, 6.45) is -0.733. The van der Waals surface area contributed by atoms with Crippen LogP contribution in [0.1, 0.15) is 33.4 Å². The lowest BCUT2D eigenvalue weighted by Gasteiger charge is -2.15. The Morgan fingerprint density at radius 1 is 1.30 bits per heavy atom. The Kier molecular flexibility index (Phi) is 5.22. The highest BCUT2D eigenvalue weighted by Gasteiger charge is 2.20. The van der Waals surface area contributed by atoms with Crippen molar-refractivity contribution in [1.29, 1.82) is 0 Å². The molecule has 0 bridgehead atoms. The predicted octanol–water partition coefficient (Wildman–Crippen LogP) is 4.42. The Labute approximate surface area is 145 Å². The Hall–Kier alpha value is -1.72. The van der Waals surface area contributed by atoms with E-state index in [-0.39, 0.29) is 11.3 Å². The van der Waals surface area contributed by atoms with Crippen LogP contribution in [-0.2, 0) is 10.2 Å². The van der Waals surface area contributed by atoms with Crippen molar-refractivity contribution in [3.63, 3.8) is 0 Å². The third-order valence-corrected chi connectivity index (χ3v) is 3.73. The third kappa shape index (κ3) is 4.62. The molecular weight excluding hydrogens is 337 g/mol. The highest BCUT2D eigenvalue weighted by molar-refractivity contribution is 6.35. The number of ether oxygens (including phenoxy) is 1. The number of anilines is 1. The van der Waals surface area contributed by atoms with Crippen molar-refractivity contribution in [1.82, 2.24) is 10.2 Å². The third-order valence-electron chi connectivity index (χ3n) is 3.20. The number of rotatable bonds is 4. The molecule has 7 heteroatoms. The van der Waals surface area contributed by atoms with Crippen LogP contribution in [-0.4, -0.2) is 22.2 Å². The molecule has 1 atom stereocenters. The minimum Gasteiger partial charge on any atom is -0.479 e. The lowest BCUT2D eigenvalue weighted by molar-refractivity contribution is -0.122. The zero-order valence-electron chi connectivity index (χ0n) is 13.4. The molecule has 0 saturated heterocycles. The predicted molar refractivity (Wildman–Crippen MR) is 92.5 cm³/mol. The molecule has 0 aliphatic rings. The Morgan fingerprint density at radius 2 is 2.00 bits per heavy atom. The maximum absolute atomic E-state index is 12.2. The minimum absolute atomic E-state index is 0.0745. The fourth-order valence-corrected chi connectivity index (χ4v) is 2.27. The summed E-state index contributed by atoms with van der Waals surface area (Å²) >= 11 is 11.9. The Balaban J connectivity index is 2.01. The van der Waals surface area contributed by atoms with Crippen molar-refractivity contribution in [3.05, 3.63) is 40.0 Å². The molecule has 124 valence electrons. The van der Waals surface area contributed by atoms with Crippen LogP contribution in [0, 0.1) is 0 Å². The first-order valence-corrected chi connectivity index (χ1v) is 7.91. The van der Waals surface area contributed by atoms with Gasteiger partial charge in [0.05, 0.1) is 5.02 Å². The van der Waals surface area contributed by atoms with E-state index in [1.165, 1.54) is 0 Å². The van der Waals surface area contributed by atoms with E-state index in [0.29, 0.717) is 21.6 Å². The number of aromatic amines is 1. The summed E-state index contributed by atoms with van der Waals surface area (Å²) in [7, 11) is 0. The Bertz CT molecular complexity index is 708. The number of carbonyl (C=O) groups excluding carboxylic acids is 1. The summed E-state index contributed by atoms with van der Waals surface area (Å²) < 4.78 is 5.57. The van der Waals surface area contributed by atoms with Gasteiger partial charge in [0, 0.05) is 22.2 Å². The van der Waals surface area contributed by atoms with Gasteiger partial charge >= 0.3 is 0 Å². The highest BCUT2D eigenvalue weighted by atomic mass is 35.5. The summed E-state index contributed by atoms with van der Waals surface area (Å²) in [4.78, 5) is 12.2. The molecule has 1 aromatic heterocycles. The summed E-state index contributed by atoms with van der Waals surface area (Å²) in [5.41, 5.74) is 0.858. The number of H-pyrrole nitrogens is 1. The first kappa shape index (κ1) is 17.6. The van der Waals surface area contributed by atoms with Crippen LogP contribution in [0.4, 0.5) is 5.82 Å². The van der Waals surface area contributed by atoms with E-state index < -0.39 is 6.10 Å². The molecule has 2 N–H and O–H groups in total. The minimum atomic E-state index is -0.733. The molecule has 23 heavy (non-hydrogen) atoms. The van der Waals surface area contributed by atoms with Crippen molar-refractivity contribution >= 4 is 34.9 Å². The summed E-state index contributed by atoms with van der Waals surface area (Å²) in [6.45, 7) is 7.80. The van der Waals surface area contributed by atoms with E-state index in [0.717, 1.165) is 5.69 Å². The average molecular weight is 356 g/mol. The molecule has 2 aromatic rings. The van der Waals surface area contributed by atoms with E-state index in [9.17, 15) is 4.79 Å². The fraction of sp³-hybridized carbons (Fsp3) is 0.375. The molecule has 1 heterocycles. The van der Waals surface area contributed by atoms with Gasteiger partial charge in [-0.25, -0.2) is 0 Å². The second kappa shape index (κ2) is 6.81. The van der Waals surface area contributed by atoms with Gasteiger partial charge in [-0.3, -0.25) is 9.89 Å². The number of amides is 1. The summed E-state index contributed by atoms with van der Waals surface area (Å²) in [5, 5.41) is 10.6. The average Bonchev–Trinajstić information content (AvgIpc) is 2.90. The van der Waals surface area contributed by atoms with Crippen LogP contribution in [0.3, 0.4) is 0 Å². The fourth-order valence-electron chi connectivity index (χ4n) is 1.81. The monoisotopic (exact) mass is 355 g/mol. The van der Waals surface area contributed by atoms with Gasteiger partial charge in [0.2, 0.25) is 0 Å². The van der Waals surface area contributed by atoms with Gasteiger partial charge in [-0.15, -0.1) is 0 Å². The zero-order valence-corrected chi connectivity index (χ0v) is 14.9. The van der Waals surface area contributed by atoms with E-state index in [1.54, 1.807) is 31.2 Å². The molecule has 2 rings (SSSR count). The van der Waals surface area contributed by atoms with Gasteiger partial charge in [0.15, 0.2) is 11.9 Å². The normalized spacial score (nSPS) is 12.8. The molecule has 0 spiro atoms. The molecule has 1 aromatic carbocycles. The quantitative estimate of drug-likeness (QED) is 0.852. The Morgan fingerprint density at radius 3 is 2.57 bits per heavy atom. The second-order valence-electron chi connectivity index (χ2n) is 6.24. The van der Waals surface area contributed by atoms with Crippen LogP contribution >= 0.6 is 23.2 Å². The number of hydrogen-bond donors (Lipinski definition) is 2. The molecule has 0 aliphatic carbocycles. The first-order valence-electron chi connectivity index (χ1n) is 7.15. The molecule has 0 saturated carbocycles. The van der Waals surface area contributed by atoms with Gasteiger partial charge < -0.3 is 10.1 Å². The van der Waals surface area contributed by atoms with Crippen LogP contribution in [0.5, 0.6) is 5.75 Å². The number of halogens is 2. The maximum atomic E-state index is 12.2. The number of carbonyl (C=O) groups is 1. The molecular formula is C16H19Cl2N3O2. The standard InChI is InChI=1S/C16H19Cl2N3O2/c1-9(23-12-6-5-10(17)7-11(12)18)15(22)19-14-8-13(20-21-14)16(2,3)4/h5-9H,1-4H3,(H2,19,20,21,22). The van der Waals surface area contributed by atoms with Gasteiger partial charge in [0.25, 0.3) is 5.91 Å². The largest absolute Gasteiger partial charge is 0.479 e. The van der Waals surface area contributed by atoms with E-state index >= 15 is 0 Å². The lowest BCUT2D eigenvalue weighted by atomic mass is 9.92. The van der Waals surface area contributed by atoms with Crippen LogP contribution in [0.2, 0.25) is 10.0 Å².